The fourth-order valence-corrected chi connectivity index (χ4v) is 2.19. The molecule has 3 rings (SSSR count). The third-order valence-corrected chi connectivity index (χ3v) is 3.13. The van der Waals surface area contributed by atoms with Gasteiger partial charge >= 0.3 is 0 Å². The number of carbonyl (C=O) groups excluding carboxylic acids is 1. The molecule has 0 saturated heterocycles. The van der Waals surface area contributed by atoms with Gasteiger partial charge in [0.2, 0.25) is 0 Å². The van der Waals surface area contributed by atoms with E-state index < -0.39 is 0 Å². The zero-order chi connectivity index (χ0) is 14.1. The van der Waals surface area contributed by atoms with Gasteiger partial charge in [0.05, 0.1) is 17.6 Å². The van der Waals surface area contributed by atoms with Crippen molar-refractivity contribution in [1.82, 2.24) is 14.4 Å². The van der Waals surface area contributed by atoms with Crippen LogP contribution in [0.2, 0.25) is 5.02 Å². The number of hydrogen-bond donors (Lipinski definition) is 1. The molecule has 1 amide bonds. The van der Waals surface area contributed by atoms with Crippen molar-refractivity contribution in [2.24, 2.45) is 0 Å². The summed E-state index contributed by atoms with van der Waals surface area (Å²) in [7, 11) is 0. The summed E-state index contributed by atoms with van der Waals surface area (Å²) in [6, 6.07) is 6.98. The molecule has 1 N–H and O–H groups in total. The Labute approximate surface area is 120 Å². The van der Waals surface area contributed by atoms with E-state index in [-0.39, 0.29) is 5.91 Å². The van der Waals surface area contributed by atoms with Crippen molar-refractivity contribution in [3.63, 3.8) is 0 Å². The van der Waals surface area contributed by atoms with E-state index in [1.54, 1.807) is 54.2 Å². The molecule has 0 spiro atoms. The Morgan fingerprint density at radius 2 is 2.25 bits per heavy atom. The van der Waals surface area contributed by atoms with Crippen molar-refractivity contribution in [1.29, 1.82) is 0 Å². The van der Waals surface area contributed by atoms with Gasteiger partial charge in [-0.2, -0.15) is 0 Å². The molecule has 6 heteroatoms. The summed E-state index contributed by atoms with van der Waals surface area (Å²) in [5, 5.41) is 3.38. The molecule has 100 valence electrons. The maximum absolute atomic E-state index is 12.4. The highest BCUT2D eigenvalue weighted by Gasteiger charge is 2.16. The lowest BCUT2D eigenvalue weighted by molar-refractivity contribution is 0.102. The van der Waals surface area contributed by atoms with E-state index in [9.17, 15) is 4.79 Å². The molecular weight excluding hydrogens is 276 g/mol. The first kappa shape index (κ1) is 12.6. The Morgan fingerprint density at radius 1 is 1.40 bits per heavy atom. The molecular formula is C14H11ClN4O. The summed E-state index contributed by atoms with van der Waals surface area (Å²) in [4.78, 5) is 20.7. The zero-order valence-electron chi connectivity index (χ0n) is 10.7. The Bertz CT molecular complexity index is 782. The number of aryl methyl sites for hydroxylation is 1. The van der Waals surface area contributed by atoms with E-state index in [0.717, 1.165) is 0 Å². The average molecular weight is 287 g/mol. The molecule has 0 unspecified atom stereocenters. The molecule has 0 bridgehead atoms. The van der Waals surface area contributed by atoms with Crippen LogP contribution in [0.15, 0.2) is 42.9 Å². The van der Waals surface area contributed by atoms with E-state index in [2.05, 4.69) is 15.3 Å². The summed E-state index contributed by atoms with van der Waals surface area (Å²) in [5.74, 6) is -0.231. The van der Waals surface area contributed by atoms with Gasteiger partial charge in [0.15, 0.2) is 0 Å². The number of pyridine rings is 2. The van der Waals surface area contributed by atoms with Crippen LogP contribution >= 0.6 is 11.6 Å². The van der Waals surface area contributed by atoms with Crippen LogP contribution in [0.1, 0.15) is 16.2 Å². The highest BCUT2D eigenvalue weighted by Crippen LogP contribution is 2.17. The second kappa shape index (κ2) is 4.94. The van der Waals surface area contributed by atoms with E-state index in [4.69, 9.17) is 11.6 Å². The molecule has 3 heterocycles. The van der Waals surface area contributed by atoms with Crippen LogP contribution in [0.5, 0.6) is 0 Å². The predicted octanol–water partition coefficient (Wildman–Crippen LogP) is 2.94. The van der Waals surface area contributed by atoms with Crippen LogP contribution in [-0.4, -0.2) is 20.3 Å². The number of anilines is 1. The van der Waals surface area contributed by atoms with E-state index in [1.807, 2.05) is 0 Å². The van der Waals surface area contributed by atoms with Crippen molar-refractivity contribution in [3.05, 3.63) is 59.3 Å². The van der Waals surface area contributed by atoms with Crippen LogP contribution in [0, 0.1) is 6.92 Å². The summed E-state index contributed by atoms with van der Waals surface area (Å²) in [6.45, 7) is 1.79. The number of halogens is 1. The summed E-state index contributed by atoms with van der Waals surface area (Å²) in [6.07, 6.45) is 4.97. The van der Waals surface area contributed by atoms with Gasteiger partial charge < -0.3 is 5.32 Å². The van der Waals surface area contributed by atoms with Gasteiger partial charge in [-0.05, 0) is 25.1 Å². The lowest BCUT2D eigenvalue weighted by Crippen LogP contribution is -2.15. The predicted molar refractivity (Wildman–Crippen MR) is 77.1 cm³/mol. The van der Waals surface area contributed by atoms with Crippen LogP contribution in [-0.2, 0) is 0 Å². The quantitative estimate of drug-likeness (QED) is 0.788. The van der Waals surface area contributed by atoms with Gasteiger partial charge in [-0.1, -0.05) is 11.6 Å². The Kier molecular flexibility index (Phi) is 3.12. The fraction of sp³-hybridized carbons (Fsp3) is 0.0714. The number of carbonyl (C=O) groups is 1. The minimum absolute atomic E-state index is 0.231. The van der Waals surface area contributed by atoms with Crippen LogP contribution in [0.4, 0.5) is 5.69 Å². The standard InChI is InChI=1S/C14H11ClN4O/c1-9-13(14(20)18-11-3-2-5-16-8-11)19-6-4-10(15)7-12(19)17-9/h2-8H,1H3,(H,18,20). The molecule has 0 radical (unpaired) electrons. The minimum atomic E-state index is -0.231. The summed E-state index contributed by atoms with van der Waals surface area (Å²) >= 11 is 5.93. The highest BCUT2D eigenvalue weighted by molar-refractivity contribution is 6.30. The number of hydrogen-bond acceptors (Lipinski definition) is 3. The topological polar surface area (TPSA) is 59.3 Å². The summed E-state index contributed by atoms with van der Waals surface area (Å²) < 4.78 is 1.72. The Hall–Kier alpha value is -2.40. The molecule has 5 nitrogen and oxygen atoms in total. The van der Waals surface area contributed by atoms with Gasteiger partial charge in [0.25, 0.3) is 5.91 Å². The number of nitrogens with one attached hydrogen (secondary N) is 1. The number of rotatable bonds is 2. The smallest absolute Gasteiger partial charge is 0.274 e. The Balaban J connectivity index is 2.01. The SMILES string of the molecule is Cc1nc2cc(Cl)ccn2c1C(=O)Nc1cccnc1. The van der Waals surface area contributed by atoms with Gasteiger partial charge in [0, 0.05) is 23.5 Å². The lowest BCUT2D eigenvalue weighted by Gasteiger charge is -2.05. The van der Waals surface area contributed by atoms with Crippen molar-refractivity contribution < 1.29 is 4.79 Å². The first-order chi connectivity index (χ1) is 9.65. The number of imidazole rings is 1. The van der Waals surface area contributed by atoms with Crippen molar-refractivity contribution in [2.75, 3.05) is 5.32 Å². The molecule has 0 atom stereocenters. The highest BCUT2D eigenvalue weighted by atomic mass is 35.5. The van der Waals surface area contributed by atoms with Gasteiger partial charge in [-0.25, -0.2) is 4.98 Å². The first-order valence-corrected chi connectivity index (χ1v) is 6.38. The van der Waals surface area contributed by atoms with E-state index in [0.29, 0.717) is 27.7 Å². The Morgan fingerprint density at radius 3 is 3.00 bits per heavy atom. The van der Waals surface area contributed by atoms with Gasteiger partial charge in [-0.3, -0.25) is 14.2 Å². The van der Waals surface area contributed by atoms with E-state index in [1.165, 1.54) is 0 Å². The first-order valence-electron chi connectivity index (χ1n) is 6.01. The molecule has 0 aliphatic carbocycles. The lowest BCUT2D eigenvalue weighted by atomic mass is 10.3. The monoisotopic (exact) mass is 286 g/mol. The molecule has 0 saturated carbocycles. The van der Waals surface area contributed by atoms with Crippen LogP contribution in [0.25, 0.3) is 5.65 Å². The number of amides is 1. The maximum Gasteiger partial charge on any atom is 0.274 e. The van der Waals surface area contributed by atoms with Crippen molar-refractivity contribution in [2.45, 2.75) is 6.92 Å². The third-order valence-electron chi connectivity index (χ3n) is 2.90. The van der Waals surface area contributed by atoms with Crippen molar-refractivity contribution in [3.8, 4) is 0 Å². The van der Waals surface area contributed by atoms with Crippen LogP contribution < -0.4 is 5.32 Å². The van der Waals surface area contributed by atoms with Crippen LogP contribution in [0.3, 0.4) is 0 Å². The average Bonchev–Trinajstić information content (AvgIpc) is 2.74. The largest absolute Gasteiger partial charge is 0.319 e. The van der Waals surface area contributed by atoms with Gasteiger partial charge in [-0.15, -0.1) is 0 Å². The molecule has 0 aliphatic rings. The van der Waals surface area contributed by atoms with Gasteiger partial charge in [0.1, 0.15) is 11.3 Å². The number of nitrogens with zero attached hydrogens (tertiary/aromatic N) is 3. The third kappa shape index (κ3) is 2.23. The molecule has 3 aromatic rings. The maximum atomic E-state index is 12.4. The number of fused-ring (bicyclic) bond motifs is 1. The van der Waals surface area contributed by atoms with Crippen molar-refractivity contribution >= 4 is 28.8 Å². The fourth-order valence-electron chi connectivity index (χ4n) is 2.04. The summed E-state index contributed by atoms with van der Waals surface area (Å²) in [5.41, 5.74) is 2.42. The second-order valence-electron chi connectivity index (χ2n) is 4.31. The van der Waals surface area contributed by atoms with E-state index >= 15 is 0 Å². The molecule has 3 aromatic heterocycles. The molecule has 20 heavy (non-hydrogen) atoms. The zero-order valence-corrected chi connectivity index (χ0v) is 11.4. The molecule has 0 aromatic carbocycles. The number of aromatic nitrogens is 3. The second-order valence-corrected chi connectivity index (χ2v) is 4.75. The normalized spacial score (nSPS) is 10.7. The molecule has 0 aliphatic heterocycles. The minimum Gasteiger partial charge on any atom is -0.319 e. The molecule has 0 fully saturated rings.